The molecule has 100 valence electrons. The van der Waals surface area contributed by atoms with E-state index in [1.807, 2.05) is 13.0 Å². The first-order valence-corrected chi connectivity index (χ1v) is 6.32. The van der Waals surface area contributed by atoms with Gasteiger partial charge < -0.3 is 4.74 Å². The molecule has 2 aromatic rings. The molecule has 0 bridgehead atoms. The van der Waals surface area contributed by atoms with Crippen LogP contribution in [0.1, 0.15) is 19.8 Å². The molecule has 0 saturated carbocycles. The molecule has 0 N–H and O–H groups in total. The van der Waals surface area contributed by atoms with Gasteiger partial charge in [-0.05, 0) is 18.6 Å². The molecule has 2 rings (SSSR count). The summed E-state index contributed by atoms with van der Waals surface area (Å²) in [6, 6.07) is 7.05. The van der Waals surface area contributed by atoms with Gasteiger partial charge in [0.25, 0.3) is 5.56 Å². The molecule has 0 unspecified atom stereocenters. The van der Waals surface area contributed by atoms with Crippen molar-refractivity contribution in [3.63, 3.8) is 0 Å². The fraction of sp³-hybridized carbons (Fsp3) is 0.357. The van der Waals surface area contributed by atoms with Gasteiger partial charge in [0, 0.05) is 0 Å². The van der Waals surface area contributed by atoms with Crippen molar-refractivity contribution in [2.24, 2.45) is 0 Å². The van der Waals surface area contributed by atoms with Crippen LogP contribution in [-0.2, 0) is 16.1 Å². The van der Waals surface area contributed by atoms with Crippen LogP contribution in [0.3, 0.4) is 0 Å². The average molecular weight is 260 g/mol. The third kappa shape index (κ3) is 3.19. The Morgan fingerprint density at radius 2 is 2.16 bits per heavy atom. The quantitative estimate of drug-likeness (QED) is 0.607. The predicted octanol–water partition coefficient (Wildman–Crippen LogP) is 1.74. The molecule has 1 aromatic heterocycles. The summed E-state index contributed by atoms with van der Waals surface area (Å²) in [4.78, 5) is 27.8. The standard InChI is InChI=1S/C14H16N2O3/c1-2-3-8-19-13(17)9-16-10-15-12-7-5-4-6-11(12)14(16)18/h4-7,10H,2-3,8-9H2,1H3. The van der Waals surface area contributed by atoms with E-state index in [9.17, 15) is 9.59 Å². The molecule has 0 amide bonds. The lowest BCUT2D eigenvalue weighted by Crippen LogP contribution is -2.25. The molecule has 0 spiro atoms. The maximum Gasteiger partial charge on any atom is 0.326 e. The van der Waals surface area contributed by atoms with E-state index >= 15 is 0 Å². The number of nitrogens with zero attached hydrogens (tertiary/aromatic N) is 2. The van der Waals surface area contributed by atoms with Gasteiger partial charge in [-0.15, -0.1) is 0 Å². The minimum absolute atomic E-state index is 0.0968. The summed E-state index contributed by atoms with van der Waals surface area (Å²) in [7, 11) is 0. The molecular formula is C14H16N2O3. The van der Waals surface area contributed by atoms with Gasteiger partial charge in [0.05, 0.1) is 23.8 Å². The Bertz CT molecular complexity index is 634. The average Bonchev–Trinajstić information content (AvgIpc) is 2.43. The third-order valence-electron chi connectivity index (χ3n) is 2.79. The molecule has 0 radical (unpaired) electrons. The highest BCUT2D eigenvalue weighted by Gasteiger charge is 2.08. The van der Waals surface area contributed by atoms with Gasteiger partial charge >= 0.3 is 5.97 Å². The van der Waals surface area contributed by atoms with Crippen molar-refractivity contribution in [3.05, 3.63) is 40.9 Å². The molecule has 19 heavy (non-hydrogen) atoms. The highest BCUT2D eigenvalue weighted by atomic mass is 16.5. The van der Waals surface area contributed by atoms with Gasteiger partial charge in [0.2, 0.25) is 0 Å². The number of benzene rings is 1. The van der Waals surface area contributed by atoms with E-state index in [1.54, 1.807) is 18.2 Å². The highest BCUT2D eigenvalue weighted by molar-refractivity contribution is 5.77. The smallest absolute Gasteiger partial charge is 0.326 e. The summed E-state index contributed by atoms with van der Waals surface area (Å²) in [6.07, 6.45) is 3.17. The first-order chi connectivity index (χ1) is 9.22. The second-order valence-electron chi connectivity index (χ2n) is 4.27. The fourth-order valence-corrected chi connectivity index (χ4v) is 1.73. The van der Waals surface area contributed by atoms with Crippen molar-refractivity contribution in [1.29, 1.82) is 0 Å². The number of hydrogen-bond acceptors (Lipinski definition) is 4. The molecule has 0 fully saturated rings. The molecule has 0 aliphatic heterocycles. The SMILES string of the molecule is CCCCOC(=O)Cn1cnc2ccccc2c1=O. The molecular weight excluding hydrogens is 244 g/mol. The lowest BCUT2D eigenvalue weighted by molar-refractivity contribution is -0.144. The van der Waals surface area contributed by atoms with Crippen LogP contribution >= 0.6 is 0 Å². The van der Waals surface area contributed by atoms with E-state index in [-0.39, 0.29) is 12.1 Å². The van der Waals surface area contributed by atoms with Crippen LogP contribution < -0.4 is 5.56 Å². The van der Waals surface area contributed by atoms with Crippen LogP contribution in [0.25, 0.3) is 10.9 Å². The fourth-order valence-electron chi connectivity index (χ4n) is 1.73. The summed E-state index contributed by atoms with van der Waals surface area (Å²) in [6.45, 7) is 2.32. The van der Waals surface area contributed by atoms with Crippen molar-refractivity contribution in [1.82, 2.24) is 9.55 Å². The number of ether oxygens (including phenoxy) is 1. The second-order valence-corrected chi connectivity index (χ2v) is 4.27. The zero-order valence-corrected chi connectivity index (χ0v) is 10.8. The number of fused-ring (bicyclic) bond motifs is 1. The molecule has 5 nitrogen and oxygen atoms in total. The number of esters is 1. The molecule has 5 heteroatoms. The summed E-state index contributed by atoms with van der Waals surface area (Å²) >= 11 is 0. The molecule has 1 heterocycles. The Morgan fingerprint density at radius 1 is 1.37 bits per heavy atom. The van der Waals surface area contributed by atoms with E-state index in [1.165, 1.54) is 10.9 Å². The van der Waals surface area contributed by atoms with Crippen molar-refractivity contribution in [2.75, 3.05) is 6.61 Å². The van der Waals surface area contributed by atoms with Crippen LogP contribution in [0.5, 0.6) is 0 Å². The maximum absolute atomic E-state index is 12.1. The van der Waals surface area contributed by atoms with Crippen molar-refractivity contribution < 1.29 is 9.53 Å². The van der Waals surface area contributed by atoms with Crippen LogP contribution in [0, 0.1) is 0 Å². The van der Waals surface area contributed by atoms with Gasteiger partial charge in [0.1, 0.15) is 6.54 Å². The maximum atomic E-state index is 12.1. The monoisotopic (exact) mass is 260 g/mol. The summed E-state index contributed by atoms with van der Waals surface area (Å²) in [5.74, 6) is -0.410. The minimum Gasteiger partial charge on any atom is -0.464 e. The number of hydrogen-bond donors (Lipinski definition) is 0. The van der Waals surface area contributed by atoms with Crippen LogP contribution in [-0.4, -0.2) is 22.1 Å². The molecule has 0 aliphatic carbocycles. The number of para-hydroxylation sites is 1. The van der Waals surface area contributed by atoms with E-state index in [4.69, 9.17) is 4.74 Å². The van der Waals surface area contributed by atoms with Crippen molar-refractivity contribution in [2.45, 2.75) is 26.3 Å². The molecule has 0 aliphatic rings. The van der Waals surface area contributed by atoms with Crippen LogP contribution in [0.4, 0.5) is 0 Å². The zero-order valence-electron chi connectivity index (χ0n) is 10.8. The zero-order chi connectivity index (χ0) is 13.7. The molecule has 1 aromatic carbocycles. The minimum atomic E-state index is -0.410. The molecule has 0 saturated heterocycles. The number of unbranched alkanes of at least 4 members (excludes halogenated alkanes) is 1. The number of carbonyl (C=O) groups excluding carboxylic acids is 1. The third-order valence-corrected chi connectivity index (χ3v) is 2.79. The number of carbonyl (C=O) groups is 1. The summed E-state index contributed by atoms with van der Waals surface area (Å²) < 4.78 is 6.30. The van der Waals surface area contributed by atoms with Crippen molar-refractivity contribution >= 4 is 16.9 Å². The first-order valence-electron chi connectivity index (χ1n) is 6.32. The Kier molecular flexibility index (Phi) is 4.28. The second kappa shape index (κ2) is 6.13. The summed E-state index contributed by atoms with van der Waals surface area (Å²) in [5, 5.41) is 0.506. The molecule has 0 atom stereocenters. The van der Waals surface area contributed by atoms with E-state index in [0.717, 1.165) is 12.8 Å². The van der Waals surface area contributed by atoms with Gasteiger partial charge in [-0.3, -0.25) is 14.2 Å². The van der Waals surface area contributed by atoms with E-state index < -0.39 is 5.97 Å². The van der Waals surface area contributed by atoms with Gasteiger partial charge in [-0.25, -0.2) is 4.98 Å². The topological polar surface area (TPSA) is 61.2 Å². The Labute approximate surface area is 110 Å². The Morgan fingerprint density at radius 3 is 2.95 bits per heavy atom. The normalized spacial score (nSPS) is 10.6. The Hall–Kier alpha value is -2.17. The van der Waals surface area contributed by atoms with E-state index in [0.29, 0.717) is 17.5 Å². The lowest BCUT2D eigenvalue weighted by atomic mass is 10.2. The number of rotatable bonds is 5. The van der Waals surface area contributed by atoms with Crippen LogP contribution in [0.2, 0.25) is 0 Å². The number of aromatic nitrogens is 2. The predicted molar refractivity (Wildman–Crippen MR) is 71.9 cm³/mol. The summed E-state index contributed by atoms with van der Waals surface area (Å²) in [5.41, 5.74) is 0.404. The Balaban J connectivity index is 2.15. The lowest BCUT2D eigenvalue weighted by Gasteiger charge is -2.06. The largest absolute Gasteiger partial charge is 0.464 e. The van der Waals surface area contributed by atoms with Gasteiger partial charge in [-0.2, -0.15) is 0 Å². The van der Waals surface area contributed by atoms with Crippen LogP contribution in [0.15, 0.2) is 35.4 Å². The van der Waals surface area contributed by atoms with Gasteiger partial charge in [-0.1, -0.05) is 25.5 Å². The van der Waals surface area contributed by atoms with E-state index in [2.05, 4.69) is 4.98 Å². The first kappa shape index (κ1) is 13.3. The van der Waals surface area contributed by atoms with Crippen molar-refractivity contribution in [3.8, 4) is 0 Å². The van der Waals surface area contributed by atoms with Gasteiger partial charge in [0.15, 0.2) is 0 Å². The highest BCUT2D eigenvalue weighted by Crippen LogP contribution is 2.04.